The third-order valence-electron chi connectivity index (χ3n) is 4.34. The molecule has 3 rings (SSSR count). The summed E-state index contributed by atoms with van der Waals surface area (Å²) in [6.07, 6.45) is 0. The first kappa shape index (κ1) is 22.2. The molecule has 8 nitrogen and oxygen atoms in total. The van der Waals surface area contributed by atoms with Crippen LogP contribution in [0.2, 0.25) is 0 Å². The lowest BCUT2D eigenvalue weighted by Gasteiger charge is -2.17. The van der Waals surface area contributed by atoms with Crippen molar-refractivity contribution in [2.75, 3.05) is 25.5 Å². The molecule has 0 saturated carbocycles. The highest BCUT2D eigenvalue weighted by Crippen LogP contribution is 2.29. The van der Waals surface area contributed by atoms with E-state index >= 15 is 0 Å². The number of rotatable bonds is 10. The molecule has 0 fully saturated rings. The van der Waals surface area contributed by atoms with E-state index in [1.807, 2.05) is 6.92 Å². The van der Waals surface area contributed by atoms with Crippen molar-refractivity contribution in [1.29, 1.82) is 0 Å². The van der Waals surface area contributed by atoms with Gasteiger partial charge in [0.1, 0.15) is 11.5 Å². The van der Waals surface area contributed by atoms with Crippen LogP contribution >= 0.6 is 0 Å². The van der Waals surface area contributed by atoms with Gasteiger partial charge in [-0.25, -0.2) is 0 Å². The van der Waals surface area contributed by atoms with Gasteiger partial charge in [-0.05, 0) is 30.8 Å². The number of para-hydroxylation sites is 1. The van der Waals surface area contributed by atoms with E-state index in [-0.39, 0.29) is 42.0 Å². The highest BCUT2D eigenvalue weighted by Gasteiger charge is 2.18. The van der Waals surface area contributed by atoms with Gasteiger partial charge in [0.25, 0.3) is 0 Å². The van der Waals surface area contributed by atoms with Crippen molar-refractivity contribution in [3.8, 4) is 22.9 Å². The predicted octanol–water partition coefficient (Wildman–Crippen LogP) is 3.81. The van der Waals surface area contributed by atoms with Crippen molar-refractivity contribution in [2.45, 2.75) is 20.1 Å². The van der Waals surface area contributed by atoms with Crippen LogP contribution in [0, 0.1) is 0 Å². The van der Waals surface area contributed by atoms with Crippen molar-refractivity contribution in [1.82, 2.24) is 15.0 Å². The van der Waals surface area contributed by atoms with Crippen molar-refractivity contribution in [3.63, 3.8) is 0 Å². The average molecular weight is 432 g/mol. The van der Waals surface area contributed by atoms with Crippen LogP contribution in [0.4, 0.5) is 14.5 Å². The standard InChI is InChI=1S/C21H22F2N4O4/c1-3-27(12-18(28)24-14-7-6-8-15(11-14)29-2)13-19-25-20(26-31-19)16-9-4-5-10-17(16)30-21(22)23/h4-11,21H,3,12-13H2,1-2H3,(H,24,28). The lowest BCUT2D eigenvalue weighted by atomic mass is 10.2. The number of carbonyl (C=O) groups excluding carboxylic acids is 1. The van der Waals surface area contributed by atoms with Gasteiger partial charge >= 0.3 is 6.61 Å². The monoisotopic (exact) mass is 432 g/mol. The van der Waals surface area contributed by atoms with E-state index in [0.717, 1.165) is 0 Å². The normalized spacial score (nSPS) is 11.0. The Bertz CT molecular complexity index is 1010. The minimum Gasteiger partial charge on any atom is -0.497 e. The maximum absolute atomic E-state index is 12.6. The molecule has 164 valence electrons. The molecule has 0 saturated heterocycles. The summed E-state index contributed by atoms with van der Waals surface area (Å²) in [6.45, 7) is -0.217. The Kier molecular flexibility index (Phi) is 7.50. The predicted molar refractivity (Wildman–Crippen MR) is 109 cm³/mol. The van der Waals surface area contributed by atoms with Gasteiger partial charge in [-0.2, -0.15) is 13.8 Å². The Morgan fingerprint density at radius 1 is 1.23 bits per heavy atom. The average Bonchev–Trinajstić information content (AvgIpc) is 3.21. The molecule has 31 heavy (non-hydrogen) atoms. The first-order valence-corrected chi connectivity index (χ1v) is 9.51. The lowest BCUT2D eigenvalue weighted by molar-refractivity contribution is -0.117. The molecule has 0 aliphatic rings. The van der Waals surface area contributed by atoms with Crippen LogP contribution < -0.4 is 14.8 Å². The fraction of sp³-hybridized carbons (Fsp3) is 0.286. The summed E-state index contributed by atoms with van der Waals surface area (Å²) in [7, 11) is 1.55. The number of hydrogen-bond donors (Lipinski definition) is 1. The molecular weight excluding hydrogens is 410 g/mol. The summed E-state index contributed by atoms with van der Waals surface area (Å²) >= 11 is 0. The first-order chi connectivity index (χ1) is 15.0. The van der Waals surface area contributed by atoms with Crippen LogP contribution in [0.5, 0.6) is 11.5 Å². The molecule has 0 bridgehead atoms. The quantitative estimate of drug-likeness (QED) is 0.521. The SMILES string of the molecule is CCN(CC(=O)Nc1cccc(OC)c1)Cc1nc(-c2ccccc2OC(F)F)no1. The number of hydrogen-bond acceptors (Lipinski definition) is 7. The second kappa shape index (κ2) is 10.5. The van der Waals surface area contributed by atoms with Crippen LogP contribution in [0.1, 0.15) is 12.8 Å². The van der Waals surface area contributed by atoms with Crippen molar-refractivity contribution >= 4 is 11.6 Å². The van der Waals surface area contributed by atoms with Crippen LogP contribution in [0.15, 0.2) is 53.1 Å². The van der Waals surface area contributed by atoms with Crippen LogP contribution in [0.3, 0.4) is 0 Å². The van der Waals surface area contributed by atoms with Gasteiger partial charge < -0.3 is 19.3 Å². The summed E-state index contributed by atoms with van der Waals surface area (Å²) < 4.78 is 40.1. The molecule has 1 N–H and O–H groups in total. The number of nitrogens with zero attached hydrogens (tertiary/aromatic N) is 3. The van der Waals surface area contributed by atoms with E-state index in [4.69, 9.17) is 9.26 Å². The summed E-state index contributed by atoms with van der Waals surface area (Å²) in [5.41, 5.74) is 0.910. The van der Waals surface area contributed by atoms with E-state index in [0.29, 0.717) is 18.0 Å². The van der Waals surface area contributed by atoms with E-state index in [2.05, 4.69) is 20.2 Å². The fourth-order valence-corrected chi connectivity index (χ4v) is 2.85. The van der Waals surface area contributed by atoms with Gasteiger partial charge in [0, 0.05) is 11.8 Å². The molecule has 0 aliphatic heterocycles. The molecule has 1 heterocycles. The van der Waals surface area contributed by atoms with E-state index in [1.165, 1.54) is 6.07 Å². The number of carbonyl (C=O) groups is 1. The number of ether oxygens (including phenoxy) is 2. The minimum absolute atomic E-state index is 0.0464. The van der Waals surface area contributed by atoms with Gasteiger partial charge in [-0.15, -0.1) is 0 Å². The number of halogens is 2. The van der Waals surface area contributed by atoms with Gasteiger partial charge in [0.2, 0.25) is 17.6 Å². The molecule has 0 unspecified atom stereocenters. The number of anilines is 1. The van der Waals surface area contributed by atoms with Gasteiger partial charge in [0.15, 0.2) is 0 Å². The molecule has 0 radical (unpaired) electrons. The third kappa shape index (κ3) is 6.22. The molecule has 0 aliphatic carbocycles. The lowest BCUT2D eigenvalue weighted by Crippen LogP contribution is -2.32. The number of nitrogens with one attached hydrogen (secondary N) is 1. The van der Waals surface area contributed by atoms with Crippen molar-refractivity contribution < 1.29 is 27.6 Å². The number of aromatic nitrogens is 2. The molecule has 1 amide bonds. The molecular formula is C21H22F2N4O4. The number of methoxy groups -OCH3 is 1. The molecule has 2 aromatic carbocycles. The number of amides is 1. The molecule has 0 spiro atoms. The fourth-order valence-electron chi connectivity index (χ4n) is 2.85. The van der Waals surface area contributed by atoms with E-state index in [1.54, 1.807) is 54.5 Å². The zero-order valence-corrected chi connectivity index (χ0v) is 17.0. The summed E-state index contributed by atoms with van der Waals surface area (Å²) in [5.74, 6) is 0.751. The molecule has 0 atom stereocenters. The maximum atomic E-state index is 12.6. The van der Waals surface area contributed by atoms with Crippen molar-refractivity contribution in [3.05, 3.63) is 54.4 Å². The number of benzene rings is 2. The Hall–Kier alpha value is -3.53. The Labute approximate surface area is 177 Å². The first-order valence-electron chi connectivity index (χ1n) is 9.51. The topological polar surface area (TPSA) is 89.7 Å². The molecule has 10 heteroatoms. The highest BCUT2D eigenvalue weighted by molar-refractivity contribution is 5.92. The van der Waals surface area contributed by atoms with E-state index in [9.17, 15) is 13.6 Å². The highest BCUT2D eigenvalue weighted by atomic mass is 19.3. The van der Waals surface area contributed by atoms with Gasteiger partial charge in [0.05, 0.1) is 25.8 Å². The third-order valence-corrected chi connectivity index (χ3v) is 4.34. The molecule has 1 aromatic heterocycles. The summed E-state index contributed by atoms with van der Waals surface area (Å²) in [6, 6.07) is 13.2. The second-order valence-electron chi connectivity index (χ2n) is 6.47. The smallest absolute Gasteiger partial charge is 0.387 e. The van der Waals surface area contributed by atoms with Gasteiger partial charge in [-0.3, -0.25) is 9.69 Å². The van der Waals surface area contributed by atoms with Crippen LogP contribution in [-0.2, 0) is 11.3 Å². The zero-order valence-electron chi connectivity index (χ0n) is 17.0. The Morgan fingerprint density at radius 2 is 2.03 bits per heavy atom. The Morgan fingerprint density at radius 3 is 2.77 bits per heavy atom. The number of likely N-dealkylation sites (N-methyl/N-ethyl adjacent to an activating group) is 1. The Balaban J connectivity index is 1.64. The largest absolute Gasteiger partial charge is 0.497 e. The van der Waals surface area contributed by atoms with Gasteiger partial charge in [-0.1, -0.05) is 30.3 Å². The maximum Gasteiger partial charge on any atom is 0.387 e. The summed E-state index contributed by atoms with van der Waals surface area (Å²) in [4.78, 5) is 18.5. The van der Waals surface area contributed by atoms with E-state index < -0.39 is 6.61 Å². The van der Waals surface area contributed by atoms with Crippen LogP contribution in [0.25, 0.3) is 11.4 Å². The zero-order chi connectivity index (χ0) is 22.2. The van der Waals surface area contributed by atoms with Crippen LogP contribution in [-0.4, -0.2) is 47.8 Å². The summed E-state index contributed by atoms with van der Waals surface area (Å²) in [5, 5.41) is 6.66. The second-order valence-corrected chi connectivity index (χ2v) is 6.47. The minimum atomic E-state index is -2.97. The number of alkyl halides is 2. The molecule has 3 aromatic rings. The van der Waals surface area contributed by atoms with Crippen molar-refractivity contribution in [2.24, 2.45) is 0 Å².